The number of sulfonamides is 2. The Morgan fingerprint density at radius 1 is 0.897 bits per heavy atom. The molecule has 204 valence electrons. The molecule has 0 saturated carbocycles. The quantitative estimate of drug-likeness (QED) is 0.196. The maximum Gasteiger partial charge on any atom is 0.255 e. The minimum absolute atomic E-state index is 0.0361. The fourth-order valence-electron chi connectivity index (χ4n) is 3.43. The third-order valence-electron chi connectivity index (χ3n) is 5.44. The molecule has 0 atom stereocenters. The first-order valence-electron chi connectivity index (χ1n) is 11.7. The van der Waals surface area contributed by atoms with E-state index >= 15 is 0 Å². The predicted molar refractivity (Wildman–Crippen MR) is 142 cm³/mol. The lowest BCUT2D eigenvalue weighted by Gasteiger charge is -2.20. The topological polar surface area (TPSA) is 151 Å². The third kappa shape index (κ3) is 7.51. The summed E-state index contributed by atoms with van der Waals surface area (Å²) in [7, 11) is -7.72. The number of hydrazone groups is 1. The van der Waals surface area contributed by atoms with Gasteiger partial charge in [-0.25, -0.2) is 27.0 Å². The number of benzene rings is 2. The van der Waals surface area contributed by atoms with Gasteiger partial charge < -0.3 is 8.83 Å². The summed E-state index contributed by atoms with van der Waals surface area (Å²) in [5.74, 6) is 0.267. The lowest BCUT2D eigenvalue weighted by Crippen LogP contribution is -2.38. The molecule has 0 saturated heterocycles. The maximum absolute atomic E-state index is 13.1. The molecule has 0 aliphatic carbocycles. The highest BCUT2D eigenvalue weighted by atomic mass is 32.2. The number of aryl methyl sites for hydroxylation is 1. The number of amides is 1. The Morgan fingerprint density at radius 2 is 1.64 bits per heavy atom. The van der Waals surface area contributed by atoms with Crippen LogP contribution in [0.4, 0.5) is 0 Å². The summed E-state index contributed by atoms with van der Waals surface area (Å²) in [5.41, 5.74) is 3.22. The van der Waals surface area contributed by atoms with Crippen molar-refractivity contribution >= 4 is 32.2 Å². The zero-order chi connectivity index (χ0) is 27.9. The summed E-state index contributed by atoms with van der Waals surface area (Å²) in [6.45, 7) is 1.11. The number of carbonyl (C=O) groups excluding carboxylic acids is 1. The van der Waals surface area contributed by atoms with E-state index in [1.54, 1.807) is 54.6 Å². The van der Waals surface area contributed by atoms with Gasteiger partial charge in [-0.05, 0) is 55.5 Å². The van der Waals surface area contributed by atoms with Crippen LogP contribution in [0, 0.1) is 6.92 Å². The Balaban J connectivity index is 1.35. The van der Waals surface area contributed by atoms with Gasteiger partial charge in [0.1, 0.15) is 17.3 Å². The average Bonchev–Trinajstić information content (AvgIpc) is 3.60. The van der Waals surface area contributed by atoms with Crippen LogP contribution in [-0.4, -0.2) is 39.8 Å². The molecule has 2 aromatic carbocycles. The van der Waals surface area contributed by atoms with Crippen molar-refractivity contribution in [2.45, 2.75) is 29.8 Å². The summed E-state index contributed by atoms with van der Waals surface area (Å²) < 4.78 is 65.4. The lowest BCUT2D eigenvalue weighted by atomic mass is 10.2. The van der Waals surface area contributed by atoms with Gasteiger partial charge in [-0.2, -0.15) is 9.41 Å². The van der Waals surface area contributed by atoms with E-state index < -0.39 is 32.5 Å². The third-order valence-corrected chi connectivity index (χ3v) is 8.67. The molecule has 0 unspecified atom stereocenters. The summed E-state index contributed by atoms with van der Waals surface area (Å²) in [6, 6.07) is 20.5. The largest absolute Gasteiger partial charge is 0.468 e. The number of nitrogens with one attached hydrogen (secondary N) is 2. The van der Waals surface area contributed by atoms with Gasteiger partial charge in [-0.1, -0.05) is 35.9 Å². The molecule has 11 nitrogen and oxygen atoms in total. The van der Waals surface area contributed by atoms with Gasteiger partial charge in [0.05, 0.1) is 41.9 Å². The van der Waals surface area contributed by atoms with Crippen LogP contribution in [0.25, 0.3) is 0 Å². The zero-order valence-electron chi connectivity index (χ0n) is 20.9. The summed E-state index contributed by atoms with van der Waals surface area (Å²) in [5, 5.41) is 3.82. The second-order valence-corrected chi connectivity index (χ2v) is 12.1. The number of hydrogen-bond donors (Lipinski definition) is 2. The van der Waals surface area contributed by atoms with E-state index in [4.69, 9.17) is 8.83 Å². The fraction of sp³-hybridized carbons (Fsp3) is 0.154. The Labute approximate surface area is 226 Å². The summed E-state index contributed by atoms with van der Waals surface area (Å²) in [6.07, 6.45) is 2.64. The molecule has 2 heterocycles. The van der Waals surface area contributed by atoms with Crippen LogP contribution in [0.1, 0.15) is 22.8 Å². The molecule has 0 radical (unpaired) electrons. The smallest absolute Gasteiger partial charge is 0.255 e. The first kappa shape index (κ1) is 28.0. The Hall–Kier alpha value is -4.04. The van der Waals surface area contributed by atoms with Gasteiger partial charge in [0.25, 0.3) is 5.91 Å². The van der Waals surface area contributed by atoms with E-state index in [1.807, 2.05) is 6.92 Å². The van der Waals surface area contributed by atoms with E-state index in [1.165, 1.54) is 36.7 Å². The van der Waals surface area contributed by atoms with Crippen LogP contribution in [0.5, 0.6) is 0 Å². The van der Waals surface area contributed by atoms with Crippen molar-refractivity contribution in [3.8, 4) is 0 Å². The highest BCUT2D eigenvalue weighted by molar-refractivity contribution is 7.89. The van der Waals surface area contributed by atoms with Crippen molar-refractivity contribution in [3.63, 3.8) is 0 Å². The summed E-state index contributed by atoms with van der Waals surface area (Å²) >= 11 is 0. The van der Waals surface area contributed by atoms with Crippen LogP contribution in [-0.2, 0) is 37.9 Å². The number of furan rings is 2. The first-order valence-corrected chi connectivity index (χ1v) is 14.6. The first-order chi connectivity index (χ1) is 18.6. The zero-order valence-corrected chi connectivity index (χ0v) is 22.5. The van der Waals surface area contributed by atoms with Crippen molar-refractivity contribution < 1.29 is 30.5 Å². The van der Waals surface area contributed by atoms with Crippen LogP contribution in [0.15, 0.2) is 109 Å². The molecule has 0 aliphatic rings. The van der Waals surface area contributed by atoms with E-state index in [-0.39, 0.29) is 28.6 Å². The molecule has 2 aromatic heterocycles. The van der Waals surface area contributed by atoms with Gasteiger partial charge in [-0.3, -0.25) is 4.79 Å². The van der Waals surface area contributed by atoms with E-state index in [0.717, 1.165) is 9.87 Å². The monoisotopic (exact) mass is 570 g/mol. The van der Waals surface area contributed by atoms with E-state index in [9.17, 15) is 21.6 Å². The van der Waals surface area contributed by atoms with Crippen molar-refractivity contribution in [1.29, 1.82) is 0 Å². The van der Waals surface area contributed by atoms with Crippen molar-refractivity contribution in [2.24, 2.45) is 5.10 Å². The van der Waals surface area contributed by atoms with Crippen molar-refractivity contribution in [3.05, 3.63) is 108 Å². The molecule has 4 aromatic rings. The molecule has 0 spiro atoms. The minimum atomic E-state index is -4.00. The van der Waals surface area contributed by atoms with Crippen LogP contribution in [0.3, 0.4) is 0 Å². The van der Waals surface area contributed by atoms with Crippen LogP contribution in [0.2, 0.25) is 0 Å². The van der Waals surface area contributed by atoms with E-state index in [2.05, 4.69) is 15.2 Å². The molecule has 4 rings (SSSR count). The number of hydrogen-bond acceptors (Lipinski definition) is 8. The molecule has 1 amide bonds. The van der Waals surface area contributed by atoms with Gasteiger partial charge >= 0.3 is 0 Å². The Morgan fingerprint density at radius 3 is 2.33 bits per heavy atom. The fourth-order valence-corrected chi connectivity index (χ4v) is 5.81. The van der Waals surface area contributed by atoms with Gasteiger partial charge in [0, 0.05) is 0 Å². The number of rotatable bonds is 12. The highest BCUT2D eigenvalue weighted by Crippen LogP contribution is 2.18. The molecule has 0 aliphatic heterocycles. The van der Waals surface area contributed by atoms with Crippen molar-refractivity contribution in [1.82, 2.24) is 14.5 Å². The standard InChI is InChI=1S/C26H26N4O7S2/c1-20-9-13-24(14-10-20)38(32,33)28-17-22-12-11-21(37-22)16-27-29-26(31)19-30(18-23-6-5-15-36-23)39(34,35)25-7-3-2-4-8-25/h2-16,28H,17-19H2,1H3,(H,29,31)/b27-16-. The molecule has 2 N–H and O–H groups in total. The summed E-state index contributed by atoms with van der Waals surface area (Å²) in [4.78, 5) is 12.7. The predicted octanol–water partition coefficient (Wildman–Crippen LogP) is 3.00. The van der Waals surface area contributed by atoms with E-state index in [0.29, 0.717) is 11.5 Å². The molecule has 0 bridgehead atoms. The second kappa shape index (κ2) is 12.2. The highest BCUT2D eigenvalue weighted by Gasteiger charge is 2.27. The number of nitrogens with zero attached hydrogens (tertiary/aromatic N) is 2. The number of carbonyl (C=O) groups is 1. The van der Waals surface area contributed by atoms with Crippen LogP contribution >= 0.6 is 0 Å². The minimum Gasteiger partial charge on any atom is -0.468 e. The van der Waals surface area contributed by atoms with Crippen molar-refractivity contribution in [2.75, 3.05) is 6.54 Å². The lowest BCUT2D eigenvalue weighted by molar-refractivity contribution is -0.121. The molecule has 13 heteroatoms. The van der Waals surface area contributed by atoms with Gasteiger partial charge in [0.2, 0.25) is 20.0 Å². The Kier molecular flexibility index (Phi) is 8.76. The second-order valence-electron chi connectivity index (χ2n) is 8.40. The van der Waals surface area contributed by atoms with Crippen LogP contribution < -0.4 is 10.1 Å². The van der Waals surface area contributed by atoms with Gasteiger partial charge in [-0.15, -0.1) is 0 Å². The molecule has 0 fully saturated rings. The molecule has 39 heavy (non-hydrogen) atoms. The maximum atomic E-state index is 13.1. The Bertz CT molecular complexity index is 1630. The molecular formula is C26H26N4O7S2. The molecular weight excluding hydrogens is 544 g/mol. The SMILES string of the molecule is Cc1ccc(S(=O)(=O)NCc2ccc(/C=N\NC(=O)CN(Cc3ccco3)S(=O)(=O)c3ccccc3)o2)cc1. The normalized spacial score (nSPS) is 12.3. The van der Waals surface area contributed by atoms with Gasteiger partial charge in [0.15, 0.2) is 0 Å². The average molecular weight is 571 g/mol.